The molecule has 0 aliphatic heterocycles. The topological polar surface area (TPSA) is 63.3 Å². The molecule has 1 fully saturated rings. The zero-order chi connectivity index (χ0) is 11.5. The average molecular weight is 213 g/mol. The van der Waals surface area contributed by atoms with Gasteiger partial charge in [-0.25, -0.2) is 0 Å². The van der Waals surface area contributed by atoms with E-state index in [2.05, 4.69) is 13.8 Å². The Labute approximate surface area is 92.0 Å². The Kier molecular flexibility index (Phi) is 4.14. The lowest BCUT2D eigenvalue weighted by Gasteiger charge is -2.30. The molecule has 3 N–H and O–H groups in total. The van der Waals surface area contributed by atoms with E-state index >= 15 is 0 Å². The molecule has 3 nitrogen and oxygen atoms in total. The summed E-state index contributed by atoms with van der Waals surface area (Å²) in [7, 11) is 0. The Hall–Kier alpha value is -0.570. The largest absolute Gasteiger partial charge is 0.481 e. The highest BCUT2D eigenvalue weighted by molar-refractivity contribution is 5.75. The maximum Gasteiger partial charge on any atom is 0.310 e. The van der Waals surface area contributed by atoms with Crippen LogP contribution in [-0.2, 0) is 4.79 Å². The number of hydrogen-bond donors (Lipinski definition) is 2. The van der Waals surface area contributed by atoms with Crippen molar-refractivity contribution in [3.05, 3.63) is 0 Å². The van der Waals surface area contributed by atoms with Crippen LogP contribution in [0.3, 0.4) is 0 Å². The summed E-state index contributed by atoms with van der Waals surface area (Å²) >= 11 is 0. The standard InChI is InChI=1S/C12H23NO2/c1-3-9(2)6-12(8-13,11(14)15)7-10-4-5-10/h9-10H,3-8,13H2,1-2H3,(H,14,15). The van der Waals surface area contributed by atoms with Crippen LogP contribution in [0.25, 0.3) is 0 Å². The summed E-state index contributed by atoms with van der Waals surface area (Å²) in [6, 6.07) is 0. The number of aliphatic carboxylic acids is 1. The first-order chi connectivity index (χ1) is 7.04. The predicted molar refractivity (Wildman–Crippen MR) is 60.5 cm³/mol. The smallest absolute Gasteiger partial charge is 0.310 e. The summed E-state index contributed by atoms with van der Waals surface area (Å²) in [5.41, 5.74) is 5.05. The van der Waals surface area contributed by atoms with Crippen molar-refractivity contribution < 1.29 is 9.90 Å². The van der Waals surface area contributed by atoms with Crippen molar-refractivity contribution in [2.24, 2.45) is 23.0 Å². The van der Waals surface area contributed by atoms with Gasteiger partial charge in [0.1, 0.15) is 0 Å². The molecular formula is C12H23NO2. The van der Waals surface area contributed by atoms with Crippen molar-refractivity contribution >= 4 is 5.97 Å². The van der Waals surface area contributed by atoms with E-state index in [9.17, 15) is 9.90 Å². The molecule has 1 aliphatic carbocycles. The van der Waals surface area contributed by atoms with Gasteiger partial charge >= 0.3 is 5.97 Å². The molecule has 1 saturated carbocycles. The van der Waals surface area contributed by atoms with Crippen LogP contribution in [0.2, 0.25) is 0 Å². The third-order valence-electron chi connectivity index (χ3n) is 3.66. The summed E-state index contributed by atoms with van der Waals surface area (Å²) in [5.74, 6) is 0.370. The Balaban J connectivity index is 2.67. The molecule has 0 saturated heterocycles. The molecule has 3 heteroatoms. The lowest BCUT2D eigenvalue weighted by atomic mass is 9.75. The summed E-state index contributed by atoms with van der Waals surface area (Å²) in [6.07, 6.45) is 4.92. The van der Waals surface area contributed by atoms with Crippen molar-refractivity contribution in [1.82, 2.24) is 0 Å². The summed E-state index contributed by atoms with van der Waals surface area (Å²) in [4.78, 5) is 11.4. The number of carboxylic acid groups (broad SMARTS) is 1. The normalized spacial score (nSPS) is 22.1. The van der Waals surface area contributed by atoms with Crippen LogP contribution in [-0.4, -0.2) is 17.6 Å². The van der Waals surface area contributed by atoms with Gasteiger partial charge < -0.3 is 10.8 Å². The van der Waals surface area contributed by atoms with Crippen molar-refractivity contribution in [2.45, 2.75) is 46.0 Å². The molecule has 15 heavy (non-hydrogen) atoms. The number of carboxylic acids is 1. The van der Waals surface area contributed by atoms with Crippen LogP contribution in [0.15, 0.2) is 0 Å². The highest BCUT2D eigenvalue weighted by atomic mass is 16.4. The van der Waals surface area contributed by atoms with Crippen molar-refractivity contribution in [1.29, 1.82) is 0 Å². The molecule has 0 bridgehead atoms. The van der Waals surface area contributed by atoms with Crippen LogP contribution >= 0.6 is 0 Å². The van der Waals surface area contributed by atoms with Gasteiger partial charge in [-0.05, 0) is 24.7 Å². The average Bonchev–Trinajstić information content (AvgIpc) is 2.99. The van der Waals surface area contributed by atoms with Gasteiger partial charge in [0.15, 0.2) is 0 Å². The second-order valence-corrected chi connectivity index (χ2v) is 5.15. The zero-order valence-corrected chi connectivity index (χ0v) is 9.83. The number of carbonyl (C=O) groups is 1. The van der Waals surface area contributed by atoms with Crippen LogP contribution in [0.5, 0.6) is 0 Å². The molecule has 0 radical (unpaired) electrons. The fourth-order valence-corrected chi connectivity index (χ4v) is 2.20. The van der Waals surface area contributed by atoms with E-state index in [1.807, 2.05) is 0 Å². The summed E-state index contributed by atoms with van der Waals surface area (Å²) in [6.45, 7) is 4.49. The van der Waals surface area contributed by atoms with Gasteiger partial charge in [-0.2, -0.15) is 0 Å². The van der Waals surface area contributed by atoms with E-state index in [-0.39, 0.29) is 6.54 Å². The molecule has 0 spiro atoms. The zero-order valence-electron chi connectivity index (χ0n) is 9.83. The third kappa shape index (κ3) is 3.20. The molecule has 0 heterocycles. The summed E-state index contributed by atoms with van der Waals surface area (Å²) in [5, 5.41) is 9.36. The van der Waals surface area contributed by atoms with Crippen LogP contribution in [0.1, 0.15) is 46.0 Å². The fourth-order valence-electron chi connectivity index (χ4n) is 2.20. The first kappa shape index (κ1) is 12.5. The minimum atomic E-state index is -0.697. The minimum Gasteiger partial charge on any atom is -0.481 e. The minimum absolute atomic E-state index is 0.281. The first-order valence-corrected chi connectivity index (χ1v) is 5.97. The molecule has 1 aliphatic rings. The third-order valence-corrected chi connectivity index (χ3v) is 3.66. The van der Waals surface area contributed by atoms with Gasteiger partial charge in [0.25, 0.3) is 0 Å². The van der Waals surface area contributed by atoms with E-state index in [1.165, 1.54) is 12.8 Å². The van der Waals surface area contributed by atoms with Gasteiger partial charge in [-0.3, -0.25) is 4.79 Å². The molecule has 2 atom stereocenters. The molecule has 88 valence electrons. The maximum absolute atomic E-state index is 11.4. The van der Waals surface area contributed by atoms with Crippen molar-refractivity contribution in [3.8, 4) is 0 Å². The lowest BCUT2D eigenvalue weighted by molar-refractivity contribution is -0.150. The van der Waals surface area contributed by atoms with Crippen molar-refractivity contribution in [3.63, 3.8) is 0 Å². The van der Waals surface area contributed by atoms with Crippen LogP contribution in [0.4, 0.5) is 0 Å². The maximum atomic E-state index is 11.4. The molecular weight excluding hydrogens is 190 g/mol. The van der Waals surface area contributed by atoms with E-state index < -0.39 is 11.4 Å². The Bertz CT molecular complexity index is 226. The number of rotatable bonds is 7. The summed E-state index contributed by atoms with van der Waals surface area (Å²) < 4.78 is 0. The predicted octanol–water partition coefficient (Wildman–Crippen LogP) is 2.25. The molecule has 2 unspecified atom stereocenters. The second kappa shape index (κ2) is 4.97. The van der Waals surface area contributed by atoms with Gasteiger partial charge in [0.05, 0.1) is 5.41 Å². The Morgan fingerprint density at radius 3 is 2.53 bits per heavy atom. The van der Waals surface area contributed by atoms with E-state index in [4.69, 9.17) is 5.73 Å². The monoisotopic (exact) mass is 213 g/mol. The van der Waals surface area contributed by atoms with Gasteiger partial charge in [0.2, 0.25) is 0 Å². The highest BCUT2D eigenvalue weighted by Gasteiger charge is 2.42. The van der Waals surface area contributed by atoms with Gasteiger partial charge in [-0.15, -0.1) is 0 Å². The molecule has 0 aromatic rings. The SMILES string of the molecule is CCC(C)CC(CN)(CC1CC1)C(=O)O. The molecule has 0 aromatic carbocycles. The number of nitrogens with two attached hydrogens (primary N) is 1. The van der Waals surface area contributed by atoms with E-state index in [1.54, 1.807) is 0 Å². The highest BCUT2D eigenvalue weighted by Crippen LogP contribution is 2.43. The van der Waals surface area contributed by atoms with E-state index in [0.717, 1.165) is 19.3 Å². The Morgan fingerprint density at radius 1 is 1.60 bits per heavy atom. The fraction of sp³-hybridized carbons (Fsp3) is 0.917. The lowest BCUT2D eigenvalue weighted by Crippen LogP contribution is -2.40. The molecule has 0 amide bonds. The van der Waals surface area contributed by atoms with Gasteiger partial charge in [-0.1, -0.05) is 33.1 Å². The number of hydrogen-bond acceptors (Lipinski definition) is 2. The van der Waals surface area contributed by atoms with Crippen molar-refractivity contribution in [2.75, 3.05) is 6.54 Å². The van der Waals surface area contributed by atoms with Gasteiger partial charge in [0, 0.05) is 6.54 Å². The van der Waals surface area contributed by atoms with Crippen LogP contribution < -0.4 is 5.73 Å². The molecule has 0 aromatic heterocycles. The Morgan fingerprint density at radius 2 is 2.20 bits per heavy atom. The quantitative estimate of drug-likeness (QED) is 0.681. The molecule has 1 rings (SSSR count). The second-order valence-electron chi connectivity index (χ2n) is 5.15. The van der Waals surface area contributed by atoms with Crippen LogP contribution in [0, 0.1) is 17.3 Å². The van der Waals surface area contributed by atoms with E-state index in [0.29, 0.717) is 11.8 Å². The first-order valence-electron chi connectivity index (χ1n) is 5.97.